The Labute approximate surface area is 219 Å². The van der Waals surface area contributed by atoms with Gasteiger partial charge in [0.15, 0.2) is 17.3 Å². The molecule has 1 aliphatic heterocycles. The molecule has 1 heterocycles. The second-order valence-corrected chi connectivity index (χ2v) is 11.0. The minimum absolute atomic E-state index is 0.0438. The van der Waals surface area contributed by atoms with Gasteiger partial charge in [0.1, 0.15) is 6.61 Å². The van der Waals surface area contributed by atoms with Crippen LogP contribution in [0, 0.1) is 26.2 Å². The van der Waals surface area contributed by atoms with Crippen molar-refractivity contribution < 1.29 is 23.8 Å². The molecular formula is C31H37NO5. The van der Waals surface area contributed by atoms with Gasteiger partial charge in [-0.3, -0.25) is 4.79 Å². The van der Waals surface area contributed by atoms with Crippen LogP contribution < -0.4 is 14.8 Å². The highest BCUT2D eigenvalue weighted by atomic mass is 16.5. The summed E-state index contributed by atoms with van der Waals surface area (Å²) in [5.41, 5.74) is 8.02. The summed E-state index contributed by atoms with van der Waals surface area (Å²) in [6.07, 6.45) is 1.15. The fourth-order valence-corrected chi connectivity index (χ4v) is 5.72. The third-order valence-corrected chi connectivity index (χ3v) is 7.38. The lowest BCUT2D eigenvalue weighted by Gasteiger charge is -2.39. The fourth-order valence-electron chi connectivity index (χ4n) is 5.72. The monoisotopic (exact) mass is 503 g/mol. The quantitative estimate of drug-likeness (QED) is 0.489. The average Bonchev–Trinajstić information content (AvgIpc) is 2.81. The molecule has 2 aromatic carbocycles. The van der Waals surface area contributed by atoms with Crippen LogP contribution in [0.2, 0.25) is 0 Å². The number of esters is 1. The smallest absolute Gasteiger partial charge is 0.336 e. The molecule has 0 radical (unpaired) electrons. The first kappa shape index (κ1) is 26.5. The Balaban J connectivity index is 1.74. The molecule has 0 unspecified atom stereocenters. The first-order chi connectivity index (χ1) is 17.5. The predicted octanol–water partition coefficient (Wildman–Crippen LogP) is 5.98. The van der Waals surface area contributed by atoms with Gasteiger partial charge in [0.25, 0.3) is 0 Å². The van der Waals surface area contributed by atoms with Gasteiger partial charge in [-0.05, 0) is 73.9 Å². The van der Waals surface area contributed by atoms with Gasteiger partial charge in [-0.25, -0.2) is 4.79 Å². The van der Waals surface area contributed by atoms with Gasteiger partial charge >= 0.3 is 5.97 Å². The third kappa shape index (κ3) is 5.15. The molecule has 0 aromatic heterocycles. The Morgan fingerprint density at radius 3 is 2.30 bits per heavy atom. The second kappa shape index (κ2) is 10.1. The van der Waals surface area contributed by atoms with Crippen LogP contribution in [-0.2, 0) is 20.9 Å². The number of benzene rings is 2. The van der Waals surface area contributed by atoms with Gasteiger partial charge in [0.05, 0.1) is 19.8 Å². The number of methoxy groups -OCH3 is 2. The lowest BCUT2D eigenvalue weighted by atomic mass is 9.68. The molecule has 0 amide bonds. The van der Waals surface area contributed by atoms with E-state index < -0.39 is 11.9 Å². The Bertz CT molecular complexity index is 1310. The molecule has 1 aliphatic carbocycles. The molecule has 2 aromatic rings. The number of ether oxygens (including phenoxy) is 3. The summed E-state index contributed by atoms with van der Waals surface area (Å²) in [7, 11) is 2.96. The van der Waals surface area contributed by atoms with Crippen molar-refractivity contribution in [2.24, 2.45) is 5.41 Å². The van der Waals surface area contributed by atoms with Crippen LogP contribution in [0.5, 0.6) is 11.5 Å². The molecule has 0 bridgehead atoms. The Morgan fingerprint density at radius 2 is 1.68 bits per heavy atom. The zero-order chi connectivity index (χ0) is 27.1. The number of nitrogens with one attached hydrogen (secondary N) is 1. The summed E-state index contributed by atoms with van der Waals surface area (Å²) in [6, 6.07) is 9.95. The van der Waals surface area contributed by atoms with Crippen LogP contribution in [0.25, 0.3) is 0 Å². The number of carbonyl (C=O) groups excluding carboxylic acids is 2. The molecule has 4 rings (SSSR count). The minimum atomic E-state index is -0.545. The van der Waals surface area contributed by atoms with E-state index in [1.165, 1.54) is 23.8 Å². The molecule has 37 heavy (non-hydrogen) atoms. The maximum atomic E-state index is 13.4. The van der Waals surface area contributed by atoms with Gasteiger partial charge < -0.3 is 19.5 Å². The van der Waals surface area contributed by atoms with E-state index >= 15 is 0 Å². The molecule has 6 heteroatoms. The maximum Gasteiger partial charge on any atom is 0.336 e. The largest absolute Gasteiger partial charge is 0.493 e. The van der Waals surface area contributed by atoms with Crippen molar-refractivity contribution in [3.8, 4) is 11.5 Å². The SMILES string of the molecule is COC(=O)C1=C(C)NC2=C(C(=O)CC(C)(C)C2)[C@@H]1c1ccc(OCc2c(C)cc(C)cc2C)c(OC)c1. The number of aryl methyl sites for hydroxylation is 3. The first-order valence-electron chi connectivity index (χ1n) is 12.7. The third-order valence-electron chi connectivity index (χ3n) is 7.38. The molecule has 0 saturated carbocycles. The zero-order valence-corrected chi connectivity index (χ0v) is 23.1. The molecule has 196 valence electrons. The summed E-state index contributed by atoms with van der Waals surface area (Å²) in [6.45, 7) is 12.7. The second-order valence-electron chi connectivity index (χ2n) is 11.0. The van der Waals surface area contributed by atoms with E-state index in [0.29, 0.717) is 41.4 Å². The van der Waals surface area contributed by atoms with Gasteiger partial charge in [-0.1, -0.05) is 37.6 Å². The summed E-state index contributed by atoms with van der Waals surface area (Å²) < 4.78 is 17.1. The van der Waals surface area contributed by atoms with Crippen molar-refractivity contribution in [3.05, 3.63) is 80.7 Å². The summed E-state index contributed by atoms with van der Waals surface area (Å²) in [5, 5.41) is 3.34. The van der Waals surface area contributed by atoms with Crippen molar-refractivity contribution in [1.29, 1.82) is 0 Å². The van der Waals surface area contributed by atoms with E-state index in [-0.39, 0.29) is 11.2 Å². The van der Waals surface area contributed by atoms with Crippen LogP contribution >= 0.6 is 0 Å². The normalized spacial score (nSPS) is 18.8. The van der Waals surface area contributed by atoms with Gasteiger partial charge in [-0.2, -0.15) is 0 Å². The number of dihydropyridines is 1. The number of hydrogen-bond donors (Lipinski definition) is 1. The average molecular weight is 504 g/mol. The number of rotatable bonds is 6. The van der Waals surface area contributed by atoms with Crippen LogP contribution in [0.1, 0.15) is 67.3 Å². The number of hydrogen-bond acceptors (Lipinski definition) is 6. The van der Waals surface area contributed by atoms with Crippen LogP contribution in [-0.4, -0.2) is 26.0 Å². The topological polar surface area (TPSA) is 73.9 Å². The summed E-state index contributed by atoms with van der Waals surface area (Å²) >= 11 is 0. The highest BCUT2D eigenvalue weighted by Crippen LogP contribution is 2.48. The van der Waals surface area contributed by atoms with Gasteiger partial charge in [-0.15, -0.1) is 0 Å². The van der Waals surface area contributed by atoms with Crippen LogP contribution in [0.15, 0.2) is 52.9 Å². The van der Waals surface area contributed by atoms with E-state index in [9.17, 15) is 9.59 Å². The summed E-state index contributed by atoms with van der Waals surface area (Å²) in [5.74, 6) is 0.194. The number of ketones is 1. The Kier molecular flexibility index (Phi) is 7.22. The molecule has 0 fully saturated rings. The predicted molar refractivity (Wildman–Crippen MR) is 144 cm³/mol. The highest BCUT2D eigenvalue weighted by Gasteiger charge is 2.43. The Hall–Kier alpha value is -3.54. The fraction of sp³-hybridized carbons (Fsp3) is 0.419. The molecule has 0 saturated heterocycles. The van der Waals surface area contributed by atoms with E-state index in [1.807, 2.05) is 25.1 Å². The molecule has 0 spiro atoms. The number of allylic oxidation sites excluding steroid dienone is 3. The van der Waals surface area contributed by atoms with Crippen molar-refractivity contribution >= 4 is 11.8 Å². The summed E-state index contributed by atoms with van der Waals surface area (Å²) in [4.78, 5) is 26.4. The van der Waals surface area contributed by atoms with E-state index in [1.54, 1.807) is 7.11 Å². The van der Waals surface area contributed by atoms with Crippen LogP contribution in [0.4, 0.5) is 0 Å². The lowest BCUT2D eigenvalue weighted by molar-refractivity contribution is -0.136. The molecule has 2 aliphatic rings. The number of carbonyl (C=O) groups is 2. The molecular weight excluding hydrogens is 466 g/mol. The van der Waals surface area contributed by atoms with Crippen molar-refractivity contribution in [2.75, 3.05) is 14.2 Å². The van der Waals surface area contributed by atoms with E-state index in [4.69, 9.17) is 14.2 Å². The zero-order valence-electron chi connectivity index (χ0n) is 23.1. The van der Waals surface area contributed by atoms with Crippen molar-refractivity contribution in [1.82, 2.24) is 5.32 Å². The Morgan fingerprint density at radius 1 is 1.00 bits per heavy atom. The lowest BCUT2D eigenvalue weighted by Crippen LogP contribution is -2.38. The van der Waals surface area contributed by atoms with Crippen molar-refractivity contribution in [3.63, 3.8) is 0 Å². The molecule has 1 atom stereocenters. The highest BCUT2D eigenvalue weighted by molar-refractivity contribution is 6.04. The van der Waals surface area contributed by atoms with Crippen LogP contribution in [0.3, 0.4) is 0 Å². The minimum Gasteiger partial charge on any atom is -0.493 e. The first-order valence-corrected chi connectivity index (χ1v) is 12.7. The maximum absolute atomic E-state index is 13.4. The van der Waals surface area contributed by atoms with E-state index in [0.717, 1.165) is 23.2 Å². The molecule has 1 N–H and O–H groups in total. The van der Waals surface area contributed by atoms with E-state index in [2.05, 4.69) is 52.1 Å². The standard InChI is InChI=1S/C31H37NO5/c1-17-11-18(2)22(19(3)12-17)16-37-25-10-9-21(13-26(25)35-7)28-27(30(34)36-8)20(4)32-23-14-31(5,6)15-24(33)29(23)28/h9-13,28,32H,14-16H2,1-8H3/t28-/m1/s1. The molecule has 6 nitrogen and oxygen atoms in total. The van der Waals surface area contributed by atoms with Crippen molar-refractivity contribution in [2.45, 2.75) is 66.9 Å². The number of Topliss-reactive ketones (excluding diaryl/α,β-unsaturated/α-hetero) is 1. The van der Waals surface area contributed by atoms with Gasteiger partial charge in [0, 0.05) is 29.3 Å². The van der Waals surface area contributed by atoms with Gasteiger partial charge in [0.2, 0.25) is 0 Å².